The van der Waals surface area contributed by atoms with Gasteiger partial charge in [0, 0.05) is 0 Å². The van der Waals surface area contributed by atoms with Gasteiger partial charge in [0.05, 0.1) is 0 Å². The van der Waals surface area contributed by atoms with Crippen LogP contribution >= 0.6 is 0 Å². The van der Waals surface area contributed by atoms with E-state index >= 15 is 0 Å². The normalized spacial score (nSPS) is 14.1. The van der Waals surface area contributed by atoms with Gasteiger partial charge in [-0.2, -0.15) is 0 Å². The van der Waals surface area contributed by atoms with E-state index in [2.05, 4.69) is 94.5 Å². The predicted octanol–water partition coefficient (Wildman–Crippen LogP) is 4.39. The number of hydrogen-bond acceptors (Lipinski definition) is 0. The summed E-state index contributed by atoms with van der Waals surface area (Å²) < 4.78 is 5.46. The first-order valence-corrected chi connectivity index (χ1v) is 17.8. The fraction of sp³-hybridized carbons (Fsp3) is 1.00. The fourth-order valence-corrected chi connectivity index (χ4v) is 14.5. The third-order valence-corrected chi connectivity index (χ3v) is 12.5. The van der Waals surface area contributed by atoms with Gasteiger partial charge in [0.2, 0.25) is 0 Å². The molecular weight excluding hydrogens is 279 g/mol. The molecule has 0 aliphatic rings. The molecule has 0 amide bonds. The minimum absolute atomic E-state index is 0.210. The number of hydrogen-bond donors (Lipinski definition) is 0. The molecule has 6 heteroatoms. The summed E-state index contributed by atoms with van der Waals surface area (Å²) >= 11 is 0. The Hall–Kier alpha value is 0.316. The Labute approximate surface area is 125 Å². The van der Waals surface area contributed by atoms with Crippen LogP contribution in [0.3, 0.4) is 0 Å². The predicted molar refractivity (Wildman–Crippen MR) is 96.1 cm³/mol. The molecule has 2 nitrogen and oxygen atoms in total. The molecule has 112 valence electrons. The van der Waals surface area contributed by atoms with Crippen LogP contribution in [0.15, 0.2) is 0 Å². The zero-order chi connectivity index (χ0) is 15.9. The van der Waals surface area contributed by atoms with E-state index in [0.717, 1.165) is 0 Å². The van der Waals surface area contributed by atoms with Crippen LogP contribution in [-0.4, -0.2) is 45.1 Å². The molecule has 0 spiro atoms. The van der Waals surface area contributed by atoms with Crippen LogP contribution in [-0.2, 0) is 0 Å². The third-order valence-electron chi connectivity index (χ3n) is 3.12. The van der Waals surface area contributed by atoms with E-state index in [1.54, 1.807) is 0 Å². The van der Waals surface area contributed by atoms with E-state index in [4.69, 9.17) is 0 Å². The Balaban J connectivity index is 6.49. The SMILES string of the molecule is CC(C)(C)[N+](=[B-]=[N+]([Si](C)(C)C)[Si](C)(C)C)[Si](C)(C)C. The van der Waals surface area contributed by atoms with Gasteiger partial charge in [0.25, 0.3) is 0 Å². The molecule has 0 N–H and O–H groups in total. The second-order valence-corrected chi connectivity index (χ2v) is 24.5. The summed E-state index contributed by atoms with van der Waals surface area (Å²) in [5, 5.41) is 0. The van der Waals surface area contributed by atoms with E-state index in [-0.39, 0.29) is 5.54 Å². The van der Waals surface area contributed by atoms with Crippen molar-refractivity contribution in [1.29, 1.82) is 0 Å². The zero-order valence-corrected chi connectivity index (χ0v) is 18.5. The molecule has 0 radical (unpaired) electrons. The first-order valence-electron chi connectivity index (χ1n) is 7.41. The van der Waals surface area contributed by atoms with Crippen LogP contribution in [0, 0.1) is 0 Å². The standard InChI is InChI=1S/C13H36BN2Si3/c1-13(2,3)15(17(4,5)6)14-16(18(7,8)9)19(10,11)12/h1-12H3/q+1. The van der Waals surface area contributed by atoms with Crippen molar-refractivity contribution in [2.45, 2.75) is 85.2 Å². The number of rotatable bonds is 3. The van der Waals surface area contributed by atoms with Gasteiger partial charge in [0.15, 0.2) is 0 Å². The number of nitrogens with zero attached hydrogens (tertiary/aromatic N) is 2. The summed E-state index contributed by atoms with van der Waals surface area (Å²) in [4.78, 5) is 0. The molecule has 0 rings (SSSR count). The Kier molecular flexibility index (Phi) is 5.69. The molecule has 0 aromatic rings. The molecule has 0 aliphatic carbocycles. The van der Waals surface area contributed by atoms with Gasteiger partial charge in [-0.3, -0.25) is 0 Å². The molecule has 0 saturated carbocycles. The first kappa shape index (κ1) is 19.3. The van der Waals surface area contributed by atoms with Crippen molar-refractivity contribution < 1.29 is 7.95 Å². The van der Waals surface area contributed by atoms with Crippen molar-refractivity contribution in [3.05, 3.63) is 0 Å². The van der Waals surface area contributed by atoms with Crippen LogP contribution in [0.4, 0.5) is 0 Å². The van der Waals surface area contributed by atoms with Gasteiger partial charge in [-0.1, -0.05) is 0 Å². The summed E-state index contributed by atoms with van der Waals surface area (Å²) in [5.41, 5.74) is 0.210. The van der Waals surface area contributed by atoms with Crippen LogP contribution < -0.4 is 0 Å². The maximum atomic E-state index is 2.78. The molecule has 0 heterocycles. The molecule has 0 fully saturated rings. The fourth-order valence-electron chi connectivity index (χ4n) is 2.82. The van der Waals surface area contributed by atoms with Crippen LogP contribution in [0.5, 0.6) is 0 Å². The van der Waals surface area contributed by atoms with Crippen molar-refractivity contribution in [2.75, 3.05) is 0 Å². The molecular formula is C13H36BN2Si3+. The van der Waals surface area contributed by atoms with Gasteiger partial charge in [-0.15, -0.1) is 0 Å². The Bertz CT molecular complexity index is 330. The molecule has 0 bridgehead atoms. The van der Waals surface area contributed by atoms with Gasteiger partial charge >= 0.3 is 125 Å². The molecule has 0 aromatic carbocycles. The van der Waals surface area contributed by atoms with Gasteiger partial charge in [0.1, 0.15) is 0 Å². The molecule has 0 aromatic heterocycles. The molecule has 0 aliphatic heterocycles. The summed E-state index contributed by atoms with van der Waals surface area (Å²) in [6.07, 6.45) is 0. The van der Waals surface area contributed by atoms with Crippen molar-refractivity contribution in [3.63, 3.8) is 0 Å². The van der Waals surface area contributed by atoms with E-state index < -0.39 is 24.7 Å². The zero-order valence-electron chi connectivity index (χ0n) is 15.5. The molecule has 0 atom stereocenters. The van der Waals surface area contributed by atoms with E-state index in [9.17, 15) is 0 Å². The topological polar surface area (TPSA) is 6.02 Å². The molecule has 19 heavy (non-hydrogen) atoms. The van der Waals surface area contributed by atoms with Crippen molar-refractivity contribution >= 4 is 31.6 Å². The average molecular weight is 316 g/mol. The van der Waals surface area contributed by atoms with Gasteiger partial charge in [-0.05, 0) is 0 Å². The Morgan fingerprint density at radius 1 is 0.632 bits per heavy atom. The quantitative estimate of drug-likeness (QED) is 0.682. The summed E-state index contributed by atoms with van der Waals surface area (Å²) in [7, 11) is -4.01. The van der Waals surface area contributed by atoms with E-state index in [1.807, 2.05) is 0 Å². The minimum atomic E-state index is -1.36. The van der Waals surface area contributed by atoms with Gasteiger partial charge in [-0.25, -0.2) is 0 Å². The van der Waals surface area contributed by atoms with Crippen LogP contribution in [0.25, 0.3) is 0 Å². The van der Waals surface area contributed by atoms with Crippen molar-refractivity contribution in [1.82, 2.24) is 0 Å². The van der Waals surface area contributed by atoms with Crippen LogP contribution in [0.2, 0.25) is 58.9 Å². The van der Waals surface area contributed by atoms with Crippen molar-refractivity contribution in [2.24, 2.45) is 0 Å². The maximum absolute atomic E-state index is 2.78. The molecule has 0 unspecified atom stereocenters. The van der Waals surface area contributed by atoms with Crippen LogP contribution in [0.1, 0.15) is 20.8 Å². The summed E-state index contributed by atoms with van der Waals surface area (Å²) in [5.74, 6) is 0. The second-order valence-electron chi connectivity index (χ2n) is 9.54. The van der Waals surface area contributed by atoms with E-state index in [1.165, 1.54) is 0 Å². The third kappa shape index (κ3) is 6.08. The summed E-state index contributed by atoms with van der Waals surface area (Å²) in [6.45, 7) is 31.7. The average Bonchev–Trinajstić information content (AvgIpc) is 1.91. The Morgan fingerprint density at radius 3 is 1.11 bits per heavy atom. The molecule has 0 saturated heterocycles. The monoisotopic (exact) mass is 315 g/mol. The van der Waals surface area contributed by atoms with Crippen molar-refractivity contribution in [3.8, 4) is 0 Å². The van der Waals surface area contributed by atoms with E-state index in [0.29, 0.717) is 0 Å². The second kappa shape index (κ2) is 5.60. The van der Waals surface area contributed by atoms with Gasteiger partial charge < -0.3 is 0 Å². The first-order chi connectivity index (χ1) is 7.97. The summed E-state index contributed by atoms with van der Waals surface area (Å²) in [6, 6.07) is 0. The Morgan fingerprint density at radius 2 is 0.947 bits per heavy atom.